The Bertz CT molecular complexity index is 1520. The van der Waals surface area contributed by atoms with Gasteiger partial charge in [0.2, 0.25) is 5.91 Å². The summed E-state index contributed by atoms with van der Waals surface area (Å²) in [6.07, 6.45) is 5.55. The van der Waals surface area contributed by atoms with E-state index < -0.39 is 0 Å². The van der Waals surface area contributed by atoms with Crippen LogP contribution in [0, 0.1) is 5.92 Å². The van der Waals surface area contributed by atoms with E-state index in [4.69, 9.17) is 37.4 Å². The molecule has 1 aromatic heterocycles. The number of para-hydroxylation sites is 1. The van der Waals surface area contributed by atoms with Crippen LogP contribution in [0.2, 0.25) is 10.0 Å². The lowest BCUT2D eigenvalue weighted by Crippen LogP contribution is -2.40. The number of ether oxygens (including phenoxy) is 3. The van der Waals surface area contributed by atoms with Gasteiger partial charge < -0.3 is 29.0 Å². The van der Waals surface area contributed by atoms with Gasteiger partial charge in [-0.05, 0) is 62.8 Å². The Morgan fingerprint density at radius 2 is 1.77 bits per heavy atom. The summed E-state index contributed by atoms with van der Waals surface area (Å²) >= 11 is 13.2. The second kappa shape index (κ2) is 14.3. The molecule has 0 bridgehead atoms. The molecule has 2 atom stereocenters. The fourth-order valence-electron chi connectivity index (χ4n) is 6.27. The molecule has 2 aromatic carbocycles. The fraction of sp³-hybridized carbons (Fsp3) is 0.485. The lowest BCUT2D eigenvalue weighted by molar-refractivity contribution is -0.150. The minimum Gasteiger partial charge on any atom is -0.466 e. The van der Waals surface area contributed by atoms with E-state index in [1.807, 2.05) is 49.0 Å². The first-order chi connectivity index (χ1) is 21.2. The van der Waals surface area contributed by atoms with Crippen LogP contribution in [0.1, 0.15) is 54.9 Å². The summed E-state index contributed by atoms with van der Waals surface area (Å²) in [6.45, 7) is 3.06. The quantitative estimate of drug-likeness (QED) is 0.271. The molecule has 2 fully saturated rings. The Kier molecular flexibility index (Phi) is 10.5. The molecule has 1 saturated heterocycles. The molecule has 2 amide bonds. The number of benzene rings is 2. The second-order valence-corrected chi connectivity index (χ2v) is 12.4. The van der Waals surface area contributed by atoms with E-state index in [1.54, 1.807) is 18.1 Å². The Labute approximate surface area is 267 Å². The number of aryl methyl sites for hydroxylation is 1. The third-order valence-electron chi connectivity index (χ3n) is 8.72. The zero-order valence-electron chi connectivity index (χ0n) is 25.3. The van der Waals surface area contributed by atoms with Gasteiger partial charge in [0.15, 0.2) is 0 Å². The number of aromatic nitrogens is 1. The van der Waals surface area contributed by atoms with Gasteiger partial charge in [0.05, 0.1) is 60.1 Å². The summed E-state index contributed by atoms with van der Waals surface area (Å²) in [6, 6.07) is 10.7. The SMILES string of the molecule is CCOC(=O)C1CCC(OC[C@@H]2C[C@H](OC)CN2C(=O)Cc2cc(Cl)c(C(=O)Nc3cn(C)c4ccccc34)cc2Cl)CC1. The van der Waals surface area contributed by atoms with Crippen molar-refractivity contribution in [2.75, 3.05) is 32.2 Å². The van der Waals surface area contributed by atoms with Crippen LogP contribution < -0.4 is 5.32 Å². The molecule has 5 rings (SSSR count). The van der Waals surface area contributed by atoms with E-state index in [0.717, 1.165) is 36.6 Å². The minimum atomic E-state index is -0.387. The van der Waals surface area contributed by atoms with Gasteiger partial charge in [0.1, 0.15) is 0 Å². The summed E-state index contributed by atoms with van der Waals surface area (Å²) in [4.78, 5) is 40.6. The average molecular weight is 645 g/mol. The first-order valence-corrected chi connectivity index (χ1v) is 15.9. The summed E-state index contributed by atoms with van der Waals surface area (Å²) < 4.78 is 18.9. The van der Waals surface area contributed by atoms with Crippen molar-refractivity contribution in [3.63, 3.8) is 0 Å². The number of methoxy groups -OCH3 is 1. The predicted molar refractivity (Wildman–Crippen MR) is 170 cm³/mol. The van der Waals surface area contributed by atoms with Gasteiger partial charge >= 0.3 is 5.97 Å². The standard InChI is InChI=1S/C33H39Cl2N3O6/c1-4-43-33(41)20-9-11-23(12-10-20)44-19-22-15-24(42-3)17-38(22)31(39)14-21-13-28(35)26(16-27(21)34)32(40)36-29-18-37(2)30-8-6-5-7-25(29)30/h5-8,13,16,18,20,22-24H,4,9-12,14-15,17,19H2,1-3H3,(H,36,40)/t20?,22-,23?,24-/m0/s1. The van der Waals surface area contributed by atoms with Gasteiger partial charge in [0.25, 0.3) is 5.91 Å². The topological polar surface area (TPSA) is 99.1 Å². The molecule has 2 aliphatic rings. The molecular weight excluding hydrogens is 605 g/mol. The van der Waals surface area contributed by atoms with Crippen LogP contribution in [0.3, 0.4) is 0 Å². The maximum Gasteiger partial charge on any atom is 0.308 e. The van der Waals surface area contributed by atoms with Crippen LogP contribution in [-0.2, 0) is 37.3 Å². The third kappa shape index (κ3) is 7.23. The summed E-state index contributed by atoms with van der Waals surface area (Å²) in [5, 5.41) is 4.35. The number of rotatable bonds is 10. The van der Waals surface area contributed by atoms with E-state index in [9.17, 15) is 14.4 Å². The molecule has 2 heterocycles. The molecule has 0 unspecified atom stereocenters. The number of anilines is 1. The third-order valence-corrected chi connectivity index (χ3v) is 9.38. The van der Waals surface area contributed by atoms with Gasteiger partial charge in [0, 0.05) is 42.8 Å². The summed E-state index contributed by atoms with van der Waals surface area (Å²) in [5.41, 5.74) is 2.43. The zero-order chi connectivity index (χ0) is 31.4. The van der Waals surface area contributed by atoms with E-state index in [2.05, 4.69) is 5.32 Å². The van der Waals surface area contributed by atoms with E-state index >= 15 is 0 Å². The Morgan fingerprint density at radius 1 is 1.02 bits per heavy atom. The van der Waals surface area contributed by atoms with Crippen molar-refractivity contribution in [1.82, 2.24) is 9.47 Å². The van der Waals surface area contributed by atoms with E-state index in [0.29, 0.717) is 42.5 Å². The number of amides is 2. The summed E-state index contributed by atoms with van der Waals surface area (Å²) in [7, 11) is 3.56. The number of hydrogen-bond acceptors (Lipinski definition) is 6. The number of likely N-dealkylation sites (tertiary alicyclic amines) is 1. The number of nitrogens with zero attached hydrogens (tertiary/aromatic N) is 2. The normalized spacial score (nSPS) is 21.9. The van der Waals surface area contributed by atoms with Crippen LogP contribution in [0.5, 0.6) is 0 Å². The van der Waals surface area contributed by atoms with Crippen LogP contribution in [0.4, 0.5) is 5.69 Å². The second-order valence-electron chi connectivity index (χ2n) is 11.6. The smallest absolute Gasteiger partial charge is 0.308 e. The molecule has 1 saturated carbocycles. The average Bonchev–Trinajstić information content (AvgIpc) is 3.58. The largest absolute Gasteiger partial charge is 0.466 e. The van der Waals surface area contributed by atoms with E-state index in [1.165, 1.54) is 6.07 Å². The molecule has 44 heavy (non-hydrogen) atoms. The van der Waals surface area contributed by atoms with Gasteiger partial charge in [-0.25, -0.2) is 0 Å². The fourth-order valence-corrected chi connectivity index (χ4v) is 6.78. The molecule has 9 nitrogen and oxygen atoms in total. The van der Waals surface area contributed by atoms with Gasteiger partial charge in [-0.3, -0.25) is 14.4 Å². The molecule has 236 valence electrons. The van der Waals surface area contributed by atoms with Crippen molar-refractivity contribution in [3.05, 3.63) is 63.8 Å². The van der Waals surface area contributed by atoms with Crippen molar-refractivity contribution < 1.29 is 28.6 Å². The van der Waals surface area contributed by atoms with Gasteiger partial charge in [-0.1, -0.05) is 41.4 Å². The highest BCUT2D eigenvalue weighted by atomic mass is 35.5. The lowest BCUT2D eigenvalue weighted by Gasteiger charge is -2.30. The maximum atomic E-state index is 13.5. The van der Waals surface area contributed by atoms with Crippen LogP contribution in [0.25, 0.3) is 10.9 Å². The Balaban J connectivity index is 1.21. The highest BCUT2D eigenvalue weighted by molar-refractivity contribution is 6.37. The number of hydrogen-bond donors (Lipinski definition) is 1. The Hall–Kier alpha value is -3.11. The van der Waals surface area contributed by atoms with Crippen LogP contribution in [0.15, 0.2) is 42.6 Å². The number of nitrogens with one attached hydrogen (secondary N) is 1. The van der Waals surface area contributed by atoms with Crippen molar-refractivity contribution >= 4 is 57.6 Å². The molecular formula is C33H39Cl2N3O6. The maximum absolute atomic E-state index is 13.5. The lowest BCUT2D eigenvalue weighted by atomic mass is 9.87. The summed E-state index contributed by atoms with van der Waals surface area (Å²) in [5.74, 6) is -0.694. The van der Waals surface area contributed by atoms with E-state index in [-0.39, 0.29) is 59.0 Å². The predicted octanol–water partition coefficient (Wildman–Crippen LogP) is 6.03. The first-order valence-electron chi connectivity index (χ1n) is 15.1. The molecule has 3 aromatic rings. The molecule has 1 aliphatic heterocycles. The molecule has 11 heteroatoms. The monoisotopic (exact) mass is 643 g/mol. The Morgan fingerprint density at radius 3 is 2.50 bits per heavy atom. The van der Waals surface area contributed by atoms with Crippen molar-refractivity contribution in [3.8, 4) is 0 Å². The molecule has 0 spiro atoms. The molecule has 0 radical (unpaired) electrons. The highest BCUT2D eigenvalue weighted by Crippen LogP contribution is 2.32. The number of fused-ring (bicyclic) bond motifs is 1. The minimum absolute atomic E-state index is 0.0291. The van der Waals surface area contributed by atoms with Crippen molar-refractivity contribution in [1.29, 1.82) is 0 Å². The van der Waals surface area contributed by atoms with Crippen LogP contribution in [-0.4, -0.2) is 72.4 Å². The zero-order valence-corrected chi connectivity index (χ0v) is 26.8. The van der Waals surface area contributed by atoms with Crippen LogP contribution >= 0.6 is 23.2 Å². The highest BCUT2D eigenvalue weighted by Gasteiger charge is 2.37. The van der Waals surface area contributed by atoms with Gasteiger partial charge in [-0.2, -0.15) is 0 Å². The van der Waals surface area contributed by atoms with Crippen molar-refractivity contribution in [2.45, 2.75) is 63.7 Å². The first kappa shape index (κ1) is 32.3. The van der Waals surface area contributed by atoms with Crippen molar-refractivity contribution in [2.24, 2.45) is 13.0 Å². The van der Waals surface area contributed by atoms with Gasteiger partial charge in [-0.15, -0.1) is 0 Å². The number of carbonyl (C=O) groups is 3. The number of carbonyl (C=O) groups excluding carboxylic acids is 3. The number of halogens is 2. The number of esters is 1. The molecule has 1 N–H and O–H groups in total. The molecule has 1 aliphatic carbocycles.